The normalized spacial score (nSPS) is 15.6. The van der Waals surface area contributed by atoms with Crippen LogP contribution in [0.4, 0.5) is 5.82 Å². The van der Waals surface area contributed by atoms with Gasteiger partial charge >= 0.3 is 0 Å². The van der Waals surface area contributed by atoms with Crippen LogP contribution in [0, 0.1) is 0 Å². The van der Waals surface area contributed by atoms with Gasteiger partial charge in [-0.1, -0.05) is 31.4 Å². The molecule has 0 aliphatic heterocycles. The number of nitrogens with zero attached hydrogens (tertiary/aromatic N) is 5. The lowest BCUT2D eigenvalue weighted by Gasteiger charge is -2.26. The summed E-state index contributed by atoms with van der Waals surface area (Å²) in [7, 11) is 0. The Balaban J connectivity index is 1.79. The standard InChI is InChI=1S/C21H22N6O2/c1-12(28)23-20-18(13-5-3-2-4-6-13)25-19-16-9-7-15(21(29)26-27-22)11-14(16)8-10-17(19)24-20/h7,9,11,13H,2-6,8,10H2,1H3,(H,23,24,28). The number of benzene rings is 1. The second-order valence-corrected chi connectivity index (χ2v) is 7.64. The molecule has 2 aromatic rings. The molecular formula is C21H22N6O2. The highest BCUT2D eigenvalue weighted by Gasteiger charge is 2.27. The Kier molecular flexibility index (Phi) is 5.27. The van der Waals surface area contributed by atoms with Gasteiger partial charge in [-0.15, -0.1) is 0 Å². The summed E-state index contributed by atoms with van der Waals surface area (Å²) < 4.78 is 0. The van der Waals surface area contributed by atoms with Crippen LogP contribution in [-0.2, 0) is 17.6 Å². The Bertz CT molecular complexity index is 1040. The van der Waals surface area contributed by atoms with E-state index in [1.165, 1.54) is 13.3 Å². The third-order valence-electron chi connectivity index (χ3n) is 5.66. The minimum atomic E-state index is -0.587. The summed E-state index contributed by atoms with van der Waals surface area (Å²) in [5, 5.41) is 6.06. The van der Waals surface area contributed by atoms with Gasteiger partial charge in [-0.25, -0.2) is 9.97 Å². The molecule has 8 heteroatoms. The zero-order chi connectivity index (χ0) is 20.4. The molecule has 148 valence electrons. The Morgan fingerprint density at radius 2 is 1.97 bits per heavy atom. The highest BCUT2D eigenvalue weighted by molar-refractivity contribution is 5.96. The predicted octanol–water partition coefficient (Wildman–Crippen LogP) is 4.70. The van der Waals surface area contributed by atoms with Gasteiger partial charge in [0.15, 0.2) is 5.82 Å². The van der Waals surface area contributed by atoms with Crippen molar-refractivity contribution in [1.29, 1.82) is 0 Å². The fourth-order valence-corrected chi connectivity index (χ4v) is 4.31. The van der Waals surface area contributed by atoms with Crippen LogP contribution in [0.1, 0.15) is 72.3 Å². The summed E-state index contributed by atoms with van der Waals surface area (Å²) in [4.78, 5) is 36.0. The quantitative estimate of drug-likeness (QED) is 0.464. The van der Waals surface area contributed by atoms with Crippen molar-refractivity contribution in [2.75, 3.05) is 5.32 Å². The lowest BCUT2D eigenvalue weighted by molar-refractivity contribution is -0.114. The lowest BCUT2D eigenvalue weighted by atomic mass is 9.85. The molecule has 1 fully saturated rings. The van der Waals surface area contributed by atoms with Gasteiger partial charge < -0.3 is 5.32 Å². The predicted molar refractivity (Wildman–Crippen MR) is 108 cm³/mol. The third kappa shape index (κ3) is 3.84. The molecule has 0 unspecified atom stereocenters. The second-order valence-electron chi connectivity index (χ2n) is 7.64. The maximum absolute atomic E-state index is 11.9. The molecule has 2 aliphatic rings. The van der Waals surface area contributed by atoms with Gasteiger partial charge in [0.25, 0.3) is 0 Å². The highest BCUT2D eigenvalue weighted by atomic mass is 16.2. The molecule has 1 aromatic heterocycles. The van der Waals surface area contributed by atoms with Crippen molar-refractivity contribution >= 4 is 17.6 Å². The number of hydrogen-bond donors (Lipinski definition) is 1. The topological polar surface area (TPSA) is 121 Å². The van der Waals surface area contributed by atoms with Crippen molar-refractivity contribution in [3.05, 3.63) is 51.2 Å². The number of aromatic nitrogens is 2. The summed E-state index contributed by atoms with van der Waals surface area (Å²) >= 11 is 0. The Morgan fingerprint density at radius 3 is 2.69 bits per heavy atom. The van der Waals surface area contributed by atoms with E-state index in [4.69, 9.17) is 15.5 Å². The van der Waals surface area contributed by atoms with Crippen molar-refractivity contribution in [1.82, 2.24) is 9.97 Å². The van der Waals surface area contributed by atoms with Gasteiger partial charge in [0, 0.05) is 28.9 Å². The summed E-state index contributed by atoms with van der Waals surface area (Å²) in [5.74, 6) is 0.145. The van der Waals surface area contributed by atoms with E-state index in [1.54, 1.807) is 12.1 Å². The first kappa shape index (κ1) is 19.1. The van der Waals surface area contributed by atoms with Gasteiger partial charge in [-0.3, -0.25) is 9.59 Å². The number of aryl methyl sites for hydroxylation is 2. The smallest absolute Gasteiger partial charge is 0.249 e. The molecule has 0 bridgehead atoms. The van der Waals surface area contributed by atoms with Crippen LogP contribution in [0.3, 0.4) is 0 Å². The van der Waals surface area contributed by atoms with Gasteiger partial charge in [0.05, 0.1) is 17.1 Å². The fraction of sp³-hybridized carbons (Fsp3) is 0.429. The number of hydrogen-bond acceptors (Lipinski definition) is 4. The van der Waals surface area contributed by atoms with Crippen LogP contribution in [0.2, 0.25) is 0 Å². The number of rotatable bonds is 3. The molecule has 0 atom stereocenters. The van der Waals surface area contributed by atoms with Crippen LogP contribution in [-0.4, -0.2) is 21.8 Å². The molecule has 1 heterocycles. The number of fused-ring (bicyclic) bond motifs is 3. The SMILES string of the molecule is CC(=O)Nc1nc2c(nc1C1CCCCC1)-c1ccc(C(=O)N=[N+]=[N-])cc1CC2. The van der Waals surface area contributed by atoms with Crippen LogP contribution in [0.15, 0.2) is 23.3 Å². The van der Waals surface area contributed by atoms with Crippen molar-refractivity contribution in [2.45, 2.75) is 57.8 Å². The fourth-order valence-electron chi connectivity index (χ4n) is 4.31. The molecule has 29 heavy (non-hydrogen) atoms. The van der Waals surface area contributed by atoms with E-state index in [0.29, 0.717) is 30.1 Å². The number of carbonyl (C=O) groups excluding carboxylic acids is 2. The zero-order valence-electron chi connectivity index (χ0n) is 16.3. The minimum Gasteiger partial charge on any atom is -0.309 e. The first-order valence-electron chi connectivity index (χ1n) is 9.98. The first-order chi connectivity index (χ1) is 14.1. The van der Waals surface area contributed by atoms with E-state index in [1.807, 2.05) is 6.07 Å². The molecule has 2 amide bonds. The first-order valence-corrected chi connectivity index (χ1v) is 9.98. The Hall–Kier alpha value is -3.25. The van der Waals surface area contributed by atoms with E-state index in [9.17, 15) is 9.59 Å². The van der Waals surface area contributed by atoms with Crippen molar-refractivity contribution < 1.29 is 9.59 Å². The van der Waals surface area contributed by atoms with Gasteiger partial charge in [-0.05, 0) is 48.0 Å². The Morgan fingerprint density at radius 1 is 1.17 bits per heavy atom. The van der Waals surface area contributed by atoms with Crippen LogP contribution < -0.4 is 5.32 Å². The van der Waals surface area contributed by atoms with E-state index in [2.05, 4.69) is 15.3 Å². The van der Waals surface area contributed by atoms with Gasteiger partial charge in [-0.2, -0.15) is 0 Å². The molecule has 2 aliphatic carbocycles. The minimum absolute atomic E-state index is 0.145. The number of azide groups is 1. The van der Waals surface area contributed by atoms with Crippen LogP contribution in [0.5, 0.6) is 0 Å². The number of nitrogens with one attached hydrogen (secondary N) is 1. The van der Waals surface area contributed by atoms with E-state index >= 15 is 0 Å². The molecule has 1 aromatic carbocycles. The summed E-state index contributed by atoms with van der Waals surface area (Å²) in [6, 6.07) is 5.29. The second kappa shape index (κ2) is 8.01. The molecule has 1 saturated carbocycles. The van der Waals surface area contributed by atoms with E-state index < -0.39 is 5.91 Å². The van der Waals surface area contributed by atoms with Gasteiger partial charge in [0.2, 0.25) is 11.8 Å². The average Bonchev–Trinajstić information content (AvgIpc) is 2.73. The molecule has 0 radical (unpaired) electrons. The van der Waals surface area contributed by atoms with Gasteiger partial charge in [0.1, 0.15) is 0 Å². The number of carbonyl (C=O) groups is 2. The van der Waals surface area contributed by atoms with E-state index in [-0.39, 0.29) is 5.91 Å². The van der Waals surface area contributed by atoms with Crippen molar-refractivity contribution in [3.8, 4) is 11.3 Å². The number of amides is 2. The summed E-state index contributed by atoms with van der Waals surface area (Å²) in [6.45, 7) is 1.49. The summed E-state index contributed by atoms with van der Waals surface area (Å²) in [6.07, 6.45) is 7.02. The molecule has 4 rings (SSSR count). The monoisotopic (exact) mass is 390 g/mol. The molecule has 1 N–H and O–H groups in total. The van der Waals surface area contributed by atoms with E-state index in [0.717, 1.165) is 53.9 Å². The van der Waals surface area contributed by atoms with Crippen LogP contribution >= 0.6 is 0 Å². The maximum Gasteiger partial charge on any atom is 0.249 e. The zero-order valence-corrected chi connectivity index (χ0v) is 16.3. The molecule has 0 spiro atoms. The maximum atomic E-state index is 11.9. The van der Waals surface area contributed by atoms with Crippen LogP contribution in [0.25, 0.3) is 21.7 Å². The number of anilines is 1. The molecule has 0 saturated heterocycles. The average molecular weight is 390 g/mol. The highest BCUT2D eigenvalue weighted by Crippen LogP contribution is 2.39. The molecule has 8 nitrogen and oxygen atoms in total. The van der Waals surface area contributed by atoms with Crippen molar-refractivity contribution in [2.24, 2.45) is 5.11 Å². The summed E-state index contributed by atoms with van der Waals surface area (Å²) in [5.41, 5.74) is 13.4. The van der Waals surface area contributed by atoms with Crippen molar-refractivity contribution in [3.63, 3.8) is 0 Å². The largest absolute Gasteiger partial charge is 0.309 e. The molecular weight excluding hydrogens is 368 g/mol. The third-order valence-corrected chi connectivity index (χ3v) is 5.66. The Labute approximate surface area is 168 Å². The lowest BCUT2D eigenvalue weighted by Crippen LogP contribution is -2.19.